The van der Waals surface area contributed by atoms with Gasteiger partial charge in [0.25, 0.3) is 0 Å². The number of halogens is 1. The van der Waals surface area contributed by atoms with Crippen LogP contribution >= 0.6 is 0 Å². The highest BCUT2D eigenvalue weighted by molar-refractivity contribution is 6.14. The molecule has 190 valence electrons. The Morgan fingerprint density at radius 1 is 0.895 bits per heavy atom. The van der Waals surface area contributed by atoms with E-state index in [-0.39, 0.29) is 39.5 Å². The van der Waals surface area contributed by atoms with Crippen LogP contribution in [0.15, 0.2) is 102 Å². The third kappa shape index (κ3) is 4.51. The number of carbonyl (C=O) groups is 3. The molecule has 1 unspecified atom stereocenters. The van der Waals surface area contributed by atoms with Gasteiger partial charge in [-0.2, -0.15) is 5.26 Å². The van der Waals surface area contributed by atoms with Crippen molar-refractivity contribution in [1.82, 2.24) is 0 Å². The van der Waals surface area contributed by atoms with Crippen LogP contribution in [0.5, 0.6) is 0 Å². The lowest BCUT2D eigenvalue weighted by Gasteiger charge is -2.36. The van der Waals surface area contributed by atoms with Crippen LogP contribution in [0.4, 0.5) is 10.1 Å². The molecule has 1 aliphatic heterocycles. The maximum Gasteiger partial charge on any atom is 0.355 e. The highest BCUT2D eigenvalue weighted by Crippen LogP contribution is 2.44. The third-order valence-electron chi connectivity index (χ3n) is 6.11. The number of nitrogens with zero attached hydrogens (tertiary/aromatic N) is 2. The Kier molecular flexibility index (Phi) is 7.35. The van der Waals surface area contributed by atoms with Crippen LogP contribution < -0.4 is 10.6 Å². The van der Waals surface area contributed by atoms with Gasteiger partial charge in [-0.3, -0.25) is 9.69 Å². The molecule has 4 rings (SSSR count). The number of hydrogen-bond acceptors (Lipinski definition) is 8. The zero-order valence-corrected chi connectivity index (χ0v) is 20.5. The molecule has 3 aromatic carbocycles. The van der Waals surface area contributed by atoms with Crippen LogP contribution in [0, 0.1) is 17.1 Å². The number of nitriles is 1. The highest BCUT2D eigenvalue weighted by Gasteiger charge is 2.43. The van der Waals surface area contributed by atoms with Crippen molar-refractivity contribution < 1.29 is 28.2 Å². The molecule has 8 nitrogen and oxygen atoms in total. The number of allylic oxidation sites excluding steroid dienone is 1. The molecule has 1 aliphatic rings. The quantitative estimate of drug-likeness (QED) is 0.390. The molecule has 0 radical (unpaired) electrons. The van der Waals surface area contributed by atoms with Gasteiger partial charge in [-0.25, -0.2) is 14.0 Å². The summed E-state index contributed by atoms with van der Waals surface area (Å²) in [7, 11) is 2.28. The lowest BCUT2D eigenvalue weighted by molar-refractivity contribution is -0.139. The van der Waals surface area contributed by atoms with E-state index in [4.69, 9.17) is 15.2 Å². The number of carbonyl (C=O) groups excluding carboxylic acids is 3. The Bertz CT molecular complexity index is 1520. The number of benzene rings is 3. The Hall–Kier alpha value is -5.23. The first-order valence-electron chi connectivity index (χ1n) is 11.4. The average Bonchev–Trinajstić information content (AvgIpc) is 2.96. The second-order valence-corrected chi connectivity index (χ2v) is 8.19. The van der Waals surface area contributed by atoms with Gasteiger partial charge in [0.15, 0.2) is 5.78 Å². The molecular formula is C29H22FN3O5. The molecule has 0 saturated carbocycles. The maximum absolute atomic E-state index is 13.5. The molecule has 1 heterocycles. The Balaban J connectivity index is 2.04. The van der Waals surface area contributed by atoms with E-state index >= 15 is 0 Å². The highest BCUT2D eigenvalue weighted by atomic mass is 19.1. The van der Waals surface area contributed by atoms with E-state index in [1.54, 1.807) is 42.5 Å². The monoisotopic (exact) mass is 511 g/mol. The normalized spacial score (nSPS) is 15.1. The number of methoxy groups -OCH3 is 2. The number of anilines is 1. The Morgan fingerprint density at radius 3 is 2.11 bits per heavy atom. The number of hydrogen-bond donors (Lipinski definition) is 1. The molecule has 1 atom stereocenters. The van der Waals surface area contributed by atoms with Crippen LogP contribution in [0.1, 0.15) is 27.4 Å². The van der Waals surface area contributed by atoms with Crippen molar-refractivity contribution >= 4 is 23.4 Å². The molecule has 9 heteroatoms. The zero-order chi connectivity index (χ0) is 27.4. The van der Waals surface area contributed by atoms with Crippen LogP contribution in [0.2, 0.25) is 0 Å². The second kappa shape index (κ2) is 10.8. The summed E-state index contributed by atoms with van der Waals surface area (Å²) in [6.45, 7) is 0. The number of nitrogens with two attached hydrogens (primary N) is 1. The number of ether oxygens (including phenoxy) is 2. The number of para-hydroxylation sites is 1. The van der Waals surface area contributed by atoms with Crippen molar-refractivity contribution in [2.75, 3.05) is 19.1 Å². The standard InChI is InChI=1S/C29H22FN3O5/c1-37-28(35)24-23(17-8-4-3-5-9-17)21(16-31)27(32)33(25(24)29(36)38-2)22-11-7-6-10-20(22)26(34)18-12-14-19(30)15-13-18/h3-15,23H,32H2,1-2H3. The van der Waals surface area contributed by atoms with E-state index in [2.05, 4.69) is 6.07 Å². The van der Waals surface area contributed by atoms with Crippen molar-refractivity contribution in [1.29, 1.82) is 5.26 Å². The summed E-state index contributed by atoms with van der Waals surface area (Å²) in [4.78, 5) is 41.1. The lowest BCUT2D eigenvalue weighted by Crippen LogP contribution is -2.41. The molecule has 2 N–H and O–H groups in total. The fourth-order valence-corrected chi connectivity index (χ4v) is 4.38. The minimum Gasteiger partial charge on any atom is -0.466 e. The lowest BCUT2D eigenvalue weighted by atomic mass is 9.80. The van der Waals surface area contributed by atoms with Gasteiger partial charge in [-0.1, -0.05) is 42.5 Å². The minimum absolute atomic E-state index is 0.0340. The van der Waals surface area contributed by atoms with E-state index in [1.165, 1.54) is 24.3 Å². The summed E-state index contributed by atoms with van der Waals surface area (Å²) >= 11 is 0. The summed E-state index contributed by atoms with van der Waals surface area (Å²) in [6.07, 6.45) is 0. The fourth-order valence-electron chi connectivity index (χ4n) is 4.38. The van der Waals surface area contributed by atoms with Crippen LogP contribution in [-0.4, -0.2) is 31.9 Å². The number of esters is 2. The largest absolute Gasteiger partial charge is 0.466 e. The average molecular weight is 512 g/mol. The summed E-state index contributed by atoms with van der Waals surface area (Å²) in [5.41, 5.74) is 6.91. The molecule has 0 bridgehead atoms. The zero-order valence-electron chi connectivity index (χ0n) is 20.5. The number of ketones is 1. The number of rotatable bonds is 6. The predicted octanol–water partition coefficient (Wildman–Crippen LogP) is 3.95. The smallest absolute Gasteiger partial charge is 0.355 e. The van der Waals surface area contributed by atoms with Crippen LogP contribution in [0.25, 0.3) is 0 Å². The predicted molar refractivity (Wildman–Crippen MR) is 136 cm³/mol. The molecule has 0 aromatic heterocycles. The topological polar surface area (TPSA) is 123 Å². The van der Waals surface area contributed by atoms with Gasteiger partial charge in [0.05, 0.1) is 43.0 Å². The van der Waals surface area contributed by atoms with Gasteiger partial charge in [-0.15, -0.1) is 0 Å². The summed E-state index contributed by atoms with van der Waals surface area (Å²) in [5.74, 6) is -4.04. The first-order valence-corrected chi connectivity index (χ1v) is 11.4. The third-order valence-corrected chi connectivity index (χ3v) is 6.11. The second-order valence-electron chi connectivity index (χ2n) is 8.19. The molecular weight excluding hydrogens is 489 g/mol. The van der Waals surface area contributed by atoms with Gasteiger partial charge < -0.3 is 15.2 Å². The Morgan fingerprint density at radius 2 is 1.50 bits per heavy atom. The molecule has 0 amide bonds. The Labute approximate surface area is 218 Å². The summed E-state index contributed by atoms with van der Waals surface area (Å²) in [5, 5.41) is 10.2. The summed E-state index contributed by atoms with van der Waals surface area (Å²) in [6, 6.07) is 21.8. The molecule has 0 spiro atoms. The van der Waals surface area contributed by atoms with E-state index < -0.39 is 29.5 Å². The first kappa shape index (κ1) is 25.9. The van der Waals surface area contributed by atoms with Gasteiger partial charge in [0, 0.05) is 11.1 Å². The van der Waals surface area contributed by atoms with E-state index in [9.17, 15) is 24.0 Å². The summed E-state index contributed by atoms with van der Waals surface area (Å²) < 4.78 is 23.6. The van der Waals surface area contributed by atoms with Crippen molar-refractivity contribution in [2.45, 2.75) is 5.92 Å². The molecule has 0 aliphatic carbocycles. The van der Waals surface area contributed by atoms with E-state index in [0.717, 1.165) is 31.3 Å². The minimum atomic E-state index is -1.04. The van der Waals surface area contributed by atoms with Crippen molar-refractivity contribution in [3.05, 3.63) is 124 Å². The fraction of sp³-hybridized carbons (Fsp3) is 0.103. The van der Waals surface area contributed by atoms with Crippen molar-refractivity contribution in [2.24, 2.45) is 5.73 Å². The van der Waals surface area contributed by atoms with Crippen LogP contribution in [-0.2, 0) is 19.1 Å². The molecule has 38 heavy (non-hydrogen) atoms. The SMILES string of the molecule is COC(=O)C1=C(C(=O)OC)N(c2ccccc2C(=O)c2ccc(F)cc2)C(N)=C(C#N)C1c1ccccc1. The molecule has 0 fully saturated rings. The van der Waals surface area contributed by atoms with Gasteiger partial charge in [0.1, 0.15) is 17.3 Å². The maximum atomic E-state index is 13.5. The van der Waals surface area contributed by atoms with Crippen molar-refractivity contribution in [3.63, 3.8) is 0 Å². The van der Waals surface area contributed by atoms with Gasteiger partial charge >= 0.3 is 11.9 Å². The van der Waals surface area contributed by atoms with Crippen molar-refractivity contribution in [3.8, 4) is 6.07 Å². The van der Waals surface area contributed by atoms with Gasteiger partial charge in [-0.05, 0) is 42.0 Å². The molecule has 3 aromatic rings. The first-order chi connectivity index (χ1) is 18.3. The molecule has 0 saturated heterocycles. The van der Waals surface area contributed by atoms with Crippen LogP contribution in [0.3, 0.4) is 0 Å². The van der Waals surface area contributed by atoms with E-state index in [1.807, 2.05) is 0 Å². The van der Waals surface area contributed by atoms with Gasteiger partial charge in [0.2, 0.25) is 0 Å². The van der Waals surface area contributed by atoms with E-state index in [0.29, 0.717) is 5.56 Å².